The van der Waals surface area contributed by atoms with Gasteiger partial charge in [0, 0.05) is 23.9 Å². The standard InChI is InChI=1S/C26H26N2O5/c1-17-26(30)28(14-13-18-7-5-4-6-8-18)21-11-10-20(16-23(21)33-17)27-25(29)19-9-12-22(31-2)24(15-19)32-3/h4-12,15-17H,13-14H2,1-3H3,(H,27,29). The number of benzene rings is 3. The lowest BCUT2D eigenvalue weighted by atomic mass is 10.1. The maximum absolute atomic E-state index is 12.8. The highest BCUT2D eigenvalue weighted by atomic mass is 16.5. The largest absolute Gasteiger partial charge is 0.493 e. The highest BCUT2D eigenvalue weighted by molar-refractivity contribution is 6.05. The number of carbonyl (C=O) groups is 2. The van der Waals surface area contributed by atoms with Crippen LogP contribution in [0.1, 0.15) is 22.8 Å². The Morgan fingerprint density at radius 2 is 1.76 bits per heavy atom. The van der Waals surface area contributed by atoms with E-state index in [1.807, 2.05) is 30.3 Å². The lowest BCUT2D eigenvalue weighted by Gasteiger charge is -2.33. The second-order valence-corrected chi connectivity index (χ2v) is 7.69. The van der Waals surface area contributed by atoms with E-state index in [0.29, 0.717) is 40.7 Å². The first-order valence-electron chi connectivity index (χ1n) is 10.7. The van der Waals surface area contributed by atoms with Crippen molar-refractivity contribution in [3.63, 3.8) is 0 Å². The van der Waals surface area contributed by atoms with Crippen molar-refractivity contribution in [3.8, 4) is 17.2 Å². The van der Waals surface area contributed by atoms with Gasteiger partial charge in [-0.25, -0.2) is 0 Å². The first kappa shape index (κ1) is 22.2. The van der Waals surface area contributed by atoms with Crippen LogP contribution in [0.25, 0.3) is 0 Å². The smallest absolute Gasteiger partial charge is 0.267 e. The third-order valence-corrected chi connectivity index (χ3v) is 5.54. The number of anilines is 2. The van der Waals surface area contributed by atoms with Gasteiger partial charge in [0.2, 0.25) is 0 Å². The van der Waals surface area contributed by atoms with E-state index < -0.39 is 6.10 Å². The van der Waals surface area contributed by atoms with Crippen LogP contribution in [0, 0.1) is 0 Å². The van der Waals surface area contributed by atoms with Crippen LogP contribution in [-0.4, -0.2) is 38.7 Å². The Kier molecular flexibility index (Phi) is 6.49. The summed E-state index contributed by atoms with van der Waals surface area (Å²) in [5.74, 6) is 1.20. The molecule has 0 spiro atoms. The number of nitrogens with zero attached hydrogens (tertiary/aromatic N) is 1. The molecule has 3 aromatic carbocycles. The fourth-order valence-corrected chi connectivity index (χ4v) is 3.79. The second-order valence-electron chi connectivity index (χ2n) is 7.69. The van der Waals surface area contributed by atoms with Crippen molar-refractivity contribution < 1.29 is 23.8 Å². The minimum atomic E-state index is -0.606. The molecule has 33 heavy (non-hydrogen) atoms. The van der Waals surface area contributed by atoms with Crippen LogP contribution in [0.3, 0.4) is 0 Å². The van der Waals surface area contributed by atoms with Gasteiger partial charge in [0.1, 0.15) is 5.75 Å². The van der Waals surface area contributed by atoms with Crippen molar-refractivity contribution in [3.05, 3.63) is 77.9 Å². The molecule has 4 rings (SSSR count). The normalized spacial score (nSPS) is 14.8. The predicted molar refractivity (Wildman–Crippen MR) is 127 cm³/mol. The first-order valence-corrected chi connectivity index (χ1v) is 10.7. The van der Waals surface area contributed by atoms with E-state index in [-0.39, 0.29) is 11.8 Å². The van der Waals surface area contributed by atoms with E-state index in [0.717, 1.165) is 12.0 Å². The fourth-order valence-electron chi connectivity index (χ4n) is 3.79. The number of amides is 2. The maximum atomic E-state index is 12.8. The summed E-state index contributed by atoms with van der Waals surface area (Å²) >= 11 is 0. The molecule has 170 valence electrons. The number of ether oxygens (including phenoxy) is 3. The van der Waals surface area contributed by atoms with Gasteiger partial charge in [-0.2, -0.15) is 0 Å². The van der Waals surface area contributed by atoms with Gasteiger partial charge in [-0.1, -0.05) is 30.3 Å². The number of carbonyl (C=O) groups excluding carboxylic acids is 2. The fraction of sp³-hybridized carbons (Fsp3) is 0.231. The molecule has 0 aromatic heterocycles. The molecule has 0 radical (unpaired) electrons. The Labute approximate surface area is 192 Å². The zero-order chi connectivity index (χ0) is 23.4. The number of fused-ring (bicyclic) bond motifs is 1. The molecule has 1 heterocycles. The molecule has 2 amide bonds. The van der Waals surface area contributed by atoms with Crippen LogP contribution in [0.15, 0.2) is 66.7 Å². The quantitative estimate of drug-likeness (QED) is 0.585. The average Bonchev–Trinajstić information content (AvgIpc) is 2.84. The summed E-state index contributed by atoms with van der Waals surface area (Å²) in [4.78, 5) is 27.3. The van der Waals surface area contributed by atoms with Gasteiger partial charge >= 0.3 is 0 Å². The van der Waals surface area contributed by atoms with Gasteiger partial charge < -0.3 is 24.4 Å². The molecule has 0 aliphatic carbocycles. The van der Waals surface area contributed by atoms with Gasteiger partial charge in [-0.15, -0.1) is 0 Å². The highest BCUT2D eigenvalue weighted by Gasteiger charge is 2.31. The van der Waals surface area contributed by atoms with Gasteiger partial charge in [0.15, 0.2) is 17.6 Å². The minimum Gasteiger partial charge on any atom is -0.493 e. The number of methoxy groups -OCH3 is 2. The van der Waals surface area contributed by atoms with Crippen molar-refractivity contribution in [2.45, 2.75) is 19.4 Å². The SMILES string of the molecule is COc1ccc(C(=O)Nc2ccc3c(c2)OC(C)C(=O)N3CCc2ccccc2)cc1OC. The van der Waals surface area contributed by atoms with Crippen LogP contribution in [-0.2, 0) is 11.2 Å². The number of hydrogen-bond donors (Lipinski definition) is 1. The predicted octanol–water partition coefficient (Wildman–Crippen LogP) is 4.31. The molecule has 1 unspecified atom stereocenters. The van der Waals surface area contributed by atoms with Crippen LogP contribution >= 0.6 is 0 Å². The summed E-state index contributed by atoms with van der Waals surface area (Å²) in [5.41, 5.74) is 2.85. The molecule has 1 aliphatic rings. The topological polar surface area (TPSA) is 77.1 Å². The number of rotatable bonds is 7. The van der Waals surface area contributed by atoms with Crippen LogP contribution in [0.5, 0.6) is 17.2 Å². The summed E-state index contributed by atoms with van der Waals surface area (Å²) in [6.45, 7) is 2.27. The highest BCUT2D eigenvalue weighted by Crippen LogP contribution is 2.37. The van der Waals surface area contributed by atoms with Gasteiger partial charge in [-0.05, 0) is 49.2 Å². The first-order chi connectivity index (χ1) is 16.0. The van der Waals surface area contributed by atoms with Gasteiger partial charge in [0.05, 0.1) is 19.9 Å². The van der Waals surface area contributed by atoms with E-state index in [1.165, 1.54) is 7.11 Å². The third-order valence-electron chi connectivity index (χ3n) is 5.54. The third kappa shape index (κ3) is 4.77. The molecular weight excluding hydrogens is 420 g/mol. The molecule has 0 bridgehead atoms. The van der Waals surface area contributed by atoms with E-state index in [4.69, 9.17) is 14.2 Å². The summed E-state index contributed by atoms with van der Waals surface area (Å²) < 4.78 is 16.3. The summed E-state index contributed by atoms with van der Waals surface area (Å²) in [6, 6.07) is 20.3. The van der Waals surface area contributed by atoms with Crippen molar-refractivity contribution in [1.82, 2.24) is 0 Å². The number of hydrogen-bond acceptors (Lipinski definition) is 5. The average molecular weight is 447 g/mol. The molecule has 0 fully saturated rings. The molecular formula is C26H26N2O5. The van der Waals surface area contributed by atoms with E-state index in [1.54, 1.807) is 55.3 Å². The van der Waals surface area contributed by atoms with Gasteiger partial charge in [-0.3, -0.25) is 9.59 Å². The Hall–Kier alpha value is -4.00. The molecule has 1 N–H and O–H groups in total. The molecule has 0 saturated carbocycles. The van der Waals surface area contributed by atoms with E-state index >= 15 is 0 Å². The Balaban J connectivity index is 1.53. The molecule has 1 atom stereocenters. The lowest BCUT2D eigenvalue weighted by Crippen LogP contribution is -2.45. The van der Waals surface area contributed by atoms with E-state index in [9.17, 15) is 9.59 Å². The number of nitrogens with one attached hydrogen (secondary N) is 1. The zero-order valence-corrected chi connectivity index (χ0v) is 18.8. The van der Waals surface area contributed by atoms with Crippen molar-refractivity contribution in [1.29, 1.82) is 0 Å². The summed E-state index contributed by atoms with van der Waals surface area (Å²) in [5, 5.41) is 2.88. The molecule has 0 saturated heterocycles. The van der Waals surface area contributed by atoms with Crippen LogP contribution in [0.2, 0.25) is 0 Å². The van der Waals surface area contributed by atoms with Crippen LogP contribution in [0.4, 0.5) is 11.4 Å². The molecule has 7 nitrogen and oxygen atoms in total. The molecule has 1 aliphatic heterocycles. The zero-order valence-electron chi connectivity index (χ0n) is 18.8. The van der Waals surface area contributed by atoms with E-state index in [2.05, 4.69) is 5.32 Å². The molecule has 7 heteroatoms. The lowest BCUT2D eigenvalue weighted by molar-refractivity contribution is -0.125. The Morgan fingerprint density at radius 1 is 1.00 bits per heavy atom. The second kappa shape index (κ2) is 9.65. The monoisotopic (exact) mass is 446 g/mol. The minimum absolute atomic E-state index is 0.0828. The molecule has 3 aromatic rings. The van der Waals surface area contributed by atoms with Crippen LogP contribution < -0.4 is 24.4 Å². The summed E-state index contributed by atoms with van der Waals surface area (Å²) in [6.07, 6.45) is 0.126. The Bertz CT molecular complexity index is 1160. The summed E-state index contributed by atoms with van der Waals surface area (Å²) in [7, 11) is 3.06. The van der Waals surface area contributed by atoms with Crippen molar-refractivity contribution in [2.24, 2.45) is 0 Å². The van der Waals surface area contributed by atoms with Crippen molar-refractivity contribution >= 4 is 23.2 Å². The van der Waals surface area contributed by atoms with Gasteiger partial charge in [0.25, 0.3) is 11.8 Å². The maximum Gasteiger partial charge on any atom is 0.267 e. The van der Waals surface area contributed by atoms with Crippen molar-refractivity contribution in [2.75, 3.05) is 31.0 Å². The Morgan fingerprint density at radius 3 is 2.48 bits per heavy atom.